The van der Waals surface area contributed by atoms with Crippen molar-refractivity contribution in [3.63, 3.8) is 0 Å². The van der Waals surface area contributed by atoms with E-state index in [-0.39, 0.29) is 0 Å². The second kappa shape index (κ2) is 4.32. The summed E-state index contributed by atoms with van der Waals surface area (Å²) in [5.41, 5.74) is 0. The fourth-order valence-corrected chi connectivity index (χ4v) is 1.48. The Morgan fingerprint density at radius 2 is 1.85 bits per heavy atom. The Morgan fingerprint density at radius 3 is 2.31 bits per heavy atom. The molecule has 78 valence electrons. The highest BCUT2D eigenvalue weighted by Gasteiger charge is 2.45. The van der Waals surface area contributed by atoms with Crippen LogP contribution in [0.2, 0.25) is 0 Å². The van der Waals surface area contributed by atoms with Crippen LogP contribution < -0.4 is 5.32 Å². The number of likely N-dealkylation sites (N-methyl/N-ethyl adjacent to an activating group) is 1. The smallest absolute Gasteiger partial charge is 0.211 e. The van der Waals surface area contributed by atoms with Crippen LogP contribution in [0.15, 0.2) is 0 Å². The Labute approximate surface area is 75.8 Å². The number of rotatable bonds is 2. The Hall–Kier alpha value is -0.240. The van der Waals surface area contributed by atoms with Gasteiger partial charge < -0.3 is 30.5 Å². The highest BCUT2D eigenvalue weighted by Crippen LogP contribution is 2.17. The fraction of sp³-hybridized carbons (Fsp3) is 1.00. The molecule has 0 aromatic rings. The Morgan fingerprint density at radius 1 is 1.23 bits per heavy atom. The van der Waals surface area contributed by atoms with Crippen molar-refractivity contribution in [3.05, 3.63) is 0 Å². The molecule has 0 amide bonds. The number of quaternary nitrogens is 1. The summed E-state index contributed by atoms with van der Waals surface area (Å²) in [7, 11) is 1.66. The van der Waals surface area contributed by atoms with E-state index < -0.39 is 37.3 Å². The third kappa shape index (κ3) is 1.98. The highest BCUT2D eigenvalue weighted by atomic mass is 16.6. The van der Waals surface area contributed by atoms with Gasteiger partial charge in [-0.05, 0) is 0 Å². The number of aliphatic hydroxyl groups excluding tert-OH is 4. The van der Waals surface area contributed by atoms with Crippen LogP contribution >= 0.6 is 0 Å². The summed E-state index contributed by atoms with van der Waals surface area (Å²) in [5.74, 6) is 0. The van der Waals surface area contributed by atoms with Gasteiger partial charge in [0, 0.05) is 0 Å². The monoisotopic (exact) mass is 194 g/mol. The average Bonchev–Trinajstić information content (AvgIpc) is 2.12. The maximum Gasteiger partial charge on any atom is 0.211 e. The first-order valence-corrected chi connectivity index (χ1v) is 4.21. The van der Waals surface area contributed by atoms with E-state index in [1.165, 1.54) is 0 Å². The van der Waals surface area contributed by atoms with E-state index in [0.29, 0.717) is 0 Å². The SMILES string of the molecule is C[NH2+]C1[C@H](O)OC(CO)[C@H](O)[C@@H]1O. The van der Waals surface area contributed by atoms with Gasteiger partial charge in [0.25, 0.3) is 0 Å². The molecule has 1 saturated heterocycles. The van der Waals surface area contributed by atoms with Gasteiger partial charge in [-0.25, -0.2) is 0 Å². The predicted octanol–water partition coefficient (Wildman–Crippen LogP) is -4.02. The summed E-state index contributed by atoms with van der Waals surface area (Å²) in [6.45, 7) is -0.425. The van der Waals surface area contributed by atoms with E-state index in [4.69, 9.17) is 9.84 Å². The molecule has 0 saturated carbocycles. The lowest BCUT2D eigenvalue weighted by molar-refractivity contribution is -0.694. The van der Waals surface area contributed by atoms with Gasteiger partial charge in [-0.1, -0.05) is 0 Å². The zero-order chi connectivity index (χ0) is 10.0. The Bertz CT molecular complexity index is 167. The zero-order valence-corrected chi connectivity index (χ0v) is 7.37. The molecule has 0 spiro atoms. The van der Waals surface area contributed by atoms with Gasteiger partial charge in [0.05, 0.1) is 13.7 Å². The van der Waals surface area contributed by atoms with E-state index in [2.05, 4.69) is 0 Å². The van der Waals surface area contributed by atoms with Crippen molar-refractivity contribution in [2.75, 3.05) is 13.7 Å². The highest BCUT2D eigenvalue weighted by molar-refractivity contribution is 4.87. The van der Waals surface area contributed by atoms with E-state index in [1.54, 1.807) is 12.4 Å². The number of ether oxygens (including phenoxy) is 1. The molecule has 1 aliphatic heterocycles. The Balaban J connectivity index is 2.66. The van der Waals surface area contributed by atoms with Gasteiger partial charge in [-0.15, -0.1) is 0 Å². The molecule has 0 radical (unpaired) electrons. The summed E-state index contributed by atoms with van der Waals surface area (Å²) in [4.78, 5) is 0. The summed E-state index contributed by atoms with van der Waals surface area (Å²) in [6, 6.07) is -0.613. The third-order valence-corrected chi connectivity index (χ3v) is 2.33. The first kappa shape index (κ1) is 10.8. The summed E-state index contributed by atoms with van der Waals surface area (Å²) in [6.07, 6.45) is -4.33. The molecule has 6 N–H and O–H groups in total. The molecule has 0 aromatic carbocycles. The molecule has 2 unspecified atom stereocenters. The van der Waals surface area contributed by atoms with E-state index in [9.17, 15) is 15.3 Å². The van der Waals surface area contributed by atoms with E-state index in [1.807, 2.05) is 0 Å². The maximum atomic E-state index is 9.48. The molecule has 1 fully saturated rings. The number of nitrogens with two attached hydrogens (primary N) is 1. The van der Waals surface area contributed by atoms with Crippen molar-refractivity contribution in [1.29, 1.82) is 0 Å². The molecule has 0 aliphatic carbocycles. The molecule has 5 atom stereocenters. The first-order valence-electron chi connectivity index (χ1n) is 4.21. The largest absolute Gasteiger partial charge is 0.394 e. The minimum atomic E-state index is -1.17. The maximum absolute atomic E-state index is 9.48. The minimum absolute atomic E-state index is 0.425. The predicted molar refractivity (Wildman–Crippen MR) is 41.6 cm³/mol. The zero-order valence-electron chi connectivity index (χ0n) is 7.37. The molecule has 1 heterocycles. The molecule has 6 nitrogen and oxygen atoms in total. The normalized spacial score (nSPS) is 46.4. The van der Waals surface area contributed by atoms with Gasteiger partial charge in [-0.3, -0.25) is 0 Å². The molecule has 13 heavy (non-hydrogen) atoms. The van der Waals surface area contributed by atoms with Crippen molar-refractivity contribution in [3.8, 4) is 0 Å². The van der Waals surface area contributed by atoms with Crippen LogP contribution in [0.5, 0.6) is 0 Å². The summed E-state index contributed by atoms with van der Waals surface area (Å²) >= 11 is 0. The third-order valence-electron chi connectivity index (χ3n) is 2.33. The number of hydrogen-bond donors (Lipinski definition) is 5. The first-order chi connectivity index (χ1) is 6.11. The molecule has 6 heteroatoms. The van der Waals surface area contributed by atoms with Gasteiger partial charge in [0.2, 0.25) is 6.29 Å². The van der Waals surface area contributed by atoms with Crippen molar-refractivity contribution < 1.29 is 30.5 Å². The lowest BCUT2D eigenvalue weighted by Crippen LogP contribution is -2.94. The van der Waals surface area contributed by atoms with Crippen molar-refractivity contribution in [1.82, 2.24) is 0 Å². The lowest BCUT2D eigenvalue weighted by atomic mass is 9.97. The number of hydrogen-bond acceptors (Lipinski definition) is 5. The second-order valence-electron chi connectivity index (χ2n) is 3.14. The quantitative estimate of drug-likeness (QED) is 0.308. The van der Waals surface area contributed by atoms with Crippen LogP contribution in [0.4, 0.5) is 0 Å². The molecule has 1 aliphatic rings. The van der Waals surface area contributed by atoms with Crippen molar-refractivity contribution >= 4 is 0 Å². The Kier molecular flexibility index (Phi) is 3.60. The minimum Gasteiger partial charge on any atom is -0.394 e. The van der Waals surface area contributed by atoms with Gasteiger partial charge in [0.1, 0.15) is 18.3 Å². The van der Waals surface area contributed by atoms with Crippen LogP contribution in [0, 0.1) is 0 Å². The van der Waals surface area contributed by atoms with Crippen LogP contribution in [0.25, 0.3) is 0 Å². The van der Waals surface area contributed by atoms with Crippen LogP contribution in [-0.2, 0) is 4.74 Å². The van der Waals surface area contributed by atoms with Crippen LogP contribution in [0.3, 0.4) is 0 Å². The summed E-state index contributed by atoms with van der Waals surface area (Å²) in [5, 5.41) is 38.5. The van der Waals surface area contributed by atoms with Crippen molar-refractivity contribution in [2.24, 2.45) is 0 Å². The van der Waals surface area contributed by atoms with Crippen LogP contribution in [0.1, 0.15) is 0 Å². The van der Waals surface area contributed by atoms with Gasteiger partial charge in [-0.2, -0.15) is 0 Å². The number of aliphatic hydroxyl groups is 4. The topological polar surface area (TPSA) is 107 Å². The standard InChI is InChI=1S/C7H15NO5/c1-8-4-6(11)5(10)3(2-9)13-7(4)12/h3-12H,2H2,1H3/p+1/t3?,4?,5-,6+,7+/m0/s1. The van der Waals surface area contributed by atoms with E-state index >= 15 is 0 Å². The fourth-order valence-electron chi connectivity index (χ4n) is 1.48. The lowest BCUT2D eigenvalue weighted by Gasteiger charge is -2.37. The molecular weight excluding hydrogens is 178 g/mol. The van der Waals surface area contributed by atoms with Crippen molar-refractivity contribution in [2.45, 2.75) is 30.6 Å². The van der Waals surface area contributed by atoms with E-state index in [0.717, 1.165) is 0 Å². The second-order valence-corrected chi connectivity index (χ2v) is 3.14. The van der Waals surface area contributed by atoms with Crippen LogP contribution in [-0.4, -0.2) is 64.7 Å². The average molecular weight is 194 g/mol. The molecule has 1 rings (SSSR count). The van der Waals surface area contributed by atoms with Gasteiger partial charge >= 0.3 is 0 Å². The van der Waals surface area contributed by atoms with Gasteiger partial charge in [0.15, 0.2) is 6.04 Å². The molecule has 0 aromatic heterocycles. The molecule has 0 bridgehead atoms. The summed E-state index contributed by atoms with van der Waals surface area (Å²) < 4.78 is 4.89. The molecular formula is C7H16NO5+.